The van der Waals surface area contributed by atoms with Gasteiger partial charge in [0.15, 0.2) is 5.96 Å². The summed E-state index contributed by atoms with van der Waals surface area (Å²) in [6, 6.07) is 10.1. The van der Waals surface area contributed by atoms with E-state index in [-0.39, 0.29) is 30.0 Å². The molecule has 0 radical (unpaired) electrons. The van der Waals surface area contributed by atoms with Gasteiger partial charge in [-0.05, 0) is 44.8 Å². The number of hydrogen-bond donors (Lipinski definition) is 1. The minimum absolute atomic E-state index is 0. The van der Waals surface area contributed by atoms with Gasteiger partial charge < -0.3 is 20.0 Å². The molecule has 1 atom stereocenters. The summed E-state index contributed by atoms with van der Waals surface area (Å²) >= 11 is 6.05. The molecule has 1 aromatic heterocycles. The van der Waals surface area contributed by atoms with Gasteiger partial charge in [-0.1, -0.05) is 23.7 Å². The van der Waals surface area contributed by atoms with E-state index in [1.54, 1.807) is 12.4 Å². The van der Waals surface area contributed by atoms with Gasteiger partial charge in [0.2, 0.25) is 5.95 Å². The fourth-order valence-corrected chi connectivity index (χ4v) is 3.55. The van der Waals surface area contributed by atoms with E-state index in [1.807, 2.05) is 18.2 Å². The Kier molecular flexibility index (Phi) is 10.1. The number of halogens is 2. The van der Waals surface area contributed by atoms with Crippen LogP contribution in [-0.2, 0) is 0 Å². The zero-order chi connectivity index (χ0) is 20.6. The molecule has 1 aliphatic heterocycles. The number of hydrogen-bond acceptors (Lipinski definition) is 5. The minimum Gasteiger partial charge on any atom is -0.357 e. The van der Waals surface area contributed by atoms with Gasteiger partial charge in [0.25, 0.3) is 0 Å². The predicted octanol–water partition coefficient (Wildman–Crippen LogP) is 3.14. The maximum absolute atomic E-state index is 6.05. The lowest BCUT2D eigenvalue weighted by Gasteiger charge is -2.36. The number of piperazine rings is 1. The van der Waals surface area contributed by atoms with Crippen LogP contribution in [0.3, 0.4) is 0 Å². The molecule has 0 aliphatic carbocycles. The van der Waals surface area contributed by atoms with Crippen molar-refractivity contribution in [2.24, 2.45) is 4.99 Å². The molecule has 0 bridgehead atoms. The summed E-state index contributed by atoms with van der Waals surface area (Å²) in [5.74, 6) is 1.76. The third kappa shape index (κ3) is 6.68. The molecule has 1 aromatic carbocycles. The van der Waals surface area contributed by atoms with Crippen molar-refractivity contribution in [3.8, 4) is 0 Å². The maximum atomic E-state index is 6.05. The summed E-state index contributed by atoms with van der Waals surface area (Å²) < 4.78 is 0. The van der Waals surface area contributed by atoms with Crippen molar-refractivity contribution in [3.63, 3.8) is 0 Å². The lowest BCUT2D eigenvalue weighted by molar-refractivity contribution is 0.303. The topological polar surface area (TPSA) is 59.9 Å². The van der Waals surface area contributed by atoms with E-state index >= 15 is 0 Å². The Bertz CT molecular complexity index is 778. The third-order valence-corrected chi connectivity index (χ3v) is 5.29. The Labute approximate surface area is 201 Å². The number of aliphatic imine (C=N–C) groups is 1. The Hall–Kier alpha value is -1.65. The molecular formula is C21H31ClIN7. The van der Waals surface area contributed by atoms with Crippen LogP contribution in [0.5, 0.6) is 0 Å². The number of aromatic nitrogens is 2. The van der Waals surface area contributed by atoms with Crippen LogP contribution in [0.2, 0.25) is 5.02 Å². The molecule has 2 heterocycles. The highest BCUT2D eigenvalue weighted by atomic mass is 127. The van der Waals surface area contributed by atoms with E-state index in [2.05, 4.69) is 63.1 Å². The number of rotatable bonds is 6. The molecule has 1 unspecified atom stereocenters. The van der Waals surface area contributed by atoms with E-state index in [1.165, 1.54) is 5.56 Å². The van der Waals surface area contributed by atoms with Crippen molar-refractivity contribution in [2.75, 3.05) is 58.3 Å². The zero-order valence-corrected chi connectivity index (χ0v) is 20.9. The van der Waals surface area contributed by atoms with Crippen LogP contribution < -0.4 is 10.2 Å². The Balaban J connectivity index is 0.00000320. The van der Waals surface area contributed by atoms with Crippen molar-refractivity contribution >= 4 is 47.5 Å². The largest absolute Gasteiger partial charge is 0.357 e. The summed E-state index contributed by atoms with van der Waals surface area (Å²) in [5.41, 5.74) is 1.21. The van der Waals surface area contributed by atoms with Crippen LogP contribution in [-0.4, -0.2) is 79.1 Å². The van der Waals surface area contributed by atoms with Crippen molar-refractivity contribution in [2.45, 2.75) is 13.0 Å². The molecule has 164 valence electrons. The van der Waals surface area contributed by atoms with Crippen LogP contribution in [0, 0.1) is 0 Å². The number of benzene rings is 1. The van der Waals surface area contributed by atoms with Crippen molar-refractivity contribution < 1.29 is 0 Å². The van der Waals surface area contributed by atoms with Crippen LogP contribution in [0.25, 0.3) is 0 Å². The summed E-state index contributed by atoms with van der Waals surface area (Å²) in [6.45, 7) is 7.15. The smallest absolute Gasteiger partial charge is 0.225 e. The summed E-state index contributed by atoms with van der Waals surface area (Å²) in [4.78, 5) is 20.4. The number of nitrogens with zero attached hydrogens (tertiary/aromatic N) is 6. The zero-order valence-electron chi connectivity index (χ0n) is 17.8. The lowest BCUT2D eigenvalue weighted by atomic mass is 10.1. The molecule has 1 aliphatic rings. The van der Waals surface area contributed by atoms with Crippen LogP contribution in [0.4, 0.5) is 5.95 Å². The molecule has 1 N–H and O–H groups in total. The highest BCUT2D eigenvalue weighted by molar-refractivity contribution is 14.0. The van der Waals surface area contributed by atoms with Gasteiger partial charge in [0.1, 0.15) is 0 Å². The van der Waals surface area contributed by atoms with E-state index in [9.17, 15) is 0 Å². The first kappa shape index (κ1) is 24.6. The molecule has 1 fully saturated rings. The molecule has 0 spiro atoms. The maximum Gasteiger partial charge on any atom is 0.225 e. The number of likely N-dealkylation sites (N-methyl/N-ethyl adjacent to an activating group) is 1. The van der Waals surface area contributed by atoms with Crippen LogP contribution >= 0.6 is 35.6 Å². The summed E-state index contributed by atoms with van der Waals surface area (Å²) in [6.07, 6.45) is 3.58. The minimum atomic E-state index is 0. The fraction of sp³-hybridized carbons (Fsp3) is 0.476. The highest BCUT2D eigenvalue weighted by Crippen LogP contribution is 2.21. The fourth-order valence-electron chi connectivity index (χ4n) is 3.42. The molecule has 0 saturated carbocycles. The number of anilines is 1. The number of nitrogens with one attached hydrogen (secondary N) is 1. The normalized spacial score (nSPS) is 15.7. The molecule has 2 aromatic rings. The quantitative estimate of drug-likeness (QED) is 0.343. The lowest BCUT2D eigenvalue weighted by Crippen LogP contribution is -2.53. The van der Waals surface area contributed by atoms with Gasteiger partial charge in [-0.25, -0.2) is 9.97 Å². The van der Waals surface area contributed by atoms with E-state index in [4.69, 9.17) is 16.6 Å². The first-order valence-corrected chi connectivity index (χ1v) is 10.4. The van der Waals surface area contributed by atoms with Gasteiger partial charge in [0.05, 0.1) is 12.6 Å². The molecule has 3 rings (SSSR count). The third-order valence-electron chi connectivity index (χ3n) is 5.04. The number of guanidine groups is 1. The second-order valence-electron chi connectivity index (χ2n) is 7.25. The van der Waals surface area contributed by atoms with E-state index in [0.717, 1.165) is 49.7 Å². The molecular weight excluding hydrogens is 513 g/mol. The first-order valence-electron chi connectivity index (χ1n) is 10.1. The molecule has 0 amide bonds. The average Bonchev–Trinajstić information content (AvgIpc) is 2.75. The standard InChI is InChI=1S/C21H30ClN7.HI/c1-4-23-20(26-16-19(27(2)3)17-6-8-18(22)9-7-17)28-12-14-29(15-13-28)21-24-10-5-11-25-21;/h5-11,19H,4,12-16H2,1-3H3,(H,23,26);1H. The second-order valence-corrected chi connectivity index (χ2v) is 7.68. The van der Waals surface area contributed by atoms with E-state index in [0.29, 0.717) is 6.54 Å². The first-order chi connectivity index (χ1) is 14.1. The molecule has 9 heteroatoms. The molecule has 1 saturated heterocycles. The van der Waals surface area contributed by atoms with Crippen molar-refractivity contribution in [3.05, 3.63) is 53.3 Å². The van der Waals surface area contributed by atoms with Gasteiger partial charge in [-0.2, -0.15) is 0 Å². The van der Waals surface area contributed by atoms with Gasteiger partial charge in [-0.3, -0.25) is 4.99 Å². The highest BCUT2D eigenvalue weighted by Gasteiger charge is 2.22. The van der Waals surface area contributed by atoms with E-state index < -0.39 is 0 Å². The molecule has 7 nitrogen and oxygen atoms in total. The predicted molar refractivity (Wildman–Crippen MR) is 135 cm³/mol. The Morgan fingerprint density at radius 1 is 1.13 bits per heavy atom. The average molecular weight is 544 g/mol. The molecule has 30 heavy (non-hydrogen) atoms. The SMILES string of the molecule is CCNC(=NCC(c1ccc(Cl)cc1)N(C)C)N1CCN(c2ncccn2)CC1.I. The van der Waals surface area contributed by atoms with Crippen molar-refractivity contribution in [1.82, 2.24) is 25.1 Å². The van der Waals surface area contributed by atoms with Gasteiger partial charge in [0, 0.05) is 50.1 Å². The Morgan fingerprint density at radius 2 is 1.77 bits per heavy atom. The summed E-state index contributed by atoms with van der Waals surface area (Å²) in [5, 5.41) is 4.20. The Morgan fingerprint density at radius 3 is 2.33 bits per heavy atom. The van der Waals surface area contributed by atoms with Gasteiger partial charge >= 0.3 is 0 Å². The second kappa shape index (κ2) is 12.3. The monoisotopic (exact) mass is 543 g/mol. The van der Waals surface area contributed by atoms with Crippen LogP contribution in [0.15, 0.2) is 47.7 Å². The van der Waals surface area contributed by atoms with Crippen LogP contribution in [0.1, 0.15) is 18.5 Å². The van der Waals surface area contributed by atoms with Crippen molar-refractivity contribution in [1.29, 1.82) is 0 Å². The summed E-state index contributed by atoms with van der Waals surface area (Å²) in [7, 11) is 4.17. The van der Waals surface area contributed by atoms with Gasteiger partial charge in [-0.15, -0.1) is 24.0 Å².